The standard InChI is InChI=1S/C20H16N2O5S/c1-12-21-16(10-28-12)13-3-2-4-15(7-13)22-19(23)9-25-20(24)14-5-6-17-18(8-14)27-11-26-17/h2-8,10H,9,11H2,1H3,(H,22,23). The first-order valence-electron chi connectivity index (χ1n) is 8.48. The van der Waals surface area contributed by atoms with Crippen molar-refractivity contribution in [3.05, 3.63) is 58.4 Å². The summed E-state index contributed by atoms with van der Waals surface area (Å²) in [4.78, 5) is 28.7. The minimum absolute atomic E-state index is 0.121. The number of aromatic nitrogens is 1. The number of ether oxygens (including phenoxy) is 3. The van der Waals surface area contributed by atoms with Crippen LogP contribution < -0.4 is 14.8 Å². The van der Waals surface area contributed by atoms with Crippen LogP contribution in [-0.4, -0.2) is 30.3 Å². The van der Waals surface area contributed by atoms with Crippen LogP contribution >= 0.6 is 11.3 Å². The van der Waals surface area contributed by atoms with Crippen LogP contribution in [0.4, 0.5) is 5.69 Å². The lowest BCUT2D eigenvalue weighted by Gasteiger charge is -2.08. The fourth-order valence-electron chi connectivity index (χ4n) is 2.69. The van der Waals surface area contributed by atoms with Crippen molar-refractivity contribution < 1.29 is 23.8 Å². The Bertz CT molecular complexity index is 1050. The summed E-state index contributed by atoms with van der Waals surface area (Å²) < 4.78 is 15.5. The number of carbonyl (C=O) groups excluding carboxylic acids is 2. The van der Waals surface area contributed by atoms with Gasteiger partial charge in [0.25, 0.3) is 5.91 Å². The summed E-state index contributed by atoms with van der Waals surface area (Å²) in [5.41, 5.74) is 2.65. The molecule has 1 aliphatic heterocycles. The van der Waals surface area contributed by atoms with Crippen LogP contribution in [0.25, 0.3) is 11.3 Å². The van der Waals surface area contributed by atoms with Gasteiger partial charge in [0.1, 0.15) is 0 Å². The summed E-state index contributed by atoms with van der Waals surface area (Å²) in [5.74, 6) is 0.0123. The second-order valence-corrected chi connectivity index (χ2v) is 7.09. The third-order valence-corrected chi connectivity index (χ3v) is 4.78. The largest absolute Gasteiger partial charge is 0.454 e. The van der Waals surface area contributed by atoms with Crippen LogP contribution in [0.2, 0.25) is 0 Å². The molecule has 0 spiro atoms. The van der Waals surface area contributed by atoms with Crippen LogP contribution in [-0.2, 0) is 9.53 Å². The maximum absolute atomic E-state index is 12.1. The highest BCUT2D eigenvalue weighted by molar-refractivity contribution is 7.09. The smallest absolute Gasteiger partial charge is 0.338 e. The second-order valence-electron chi connectivity index (χ2n) is 6.02. The van der Waals surface area contributed by atoms with E-state index >= 15 is 0 Å². The minimum Gasteiger partial charge on any atom is -0.454 e. The fraction of sp³-hybridized carbons (Fsp3) is 0.150. The molecule has 1 N–H and O–H groups in total. The van der Waals surface area contributed by atoms with Crippen LogP contribution in [0.1, 0.15) is 15.4 Å². The topological polar surface area (TPSA) is 86.8 Å². The lowest BCUT2D eigenvalue weighted by Crippen LogP contribution is -2.20. The van der Waals surface area contributed by atoms with Crippen molar-refractivity contribution in [1.82, 2.24) is 4.98 Å². The monoisotopic (exact) mass is 396 g/mol. The van der Waals surface area contributed by atoms with Crippen molar-refractivity contribution >= 4 is 28.9 Å². The van der Waals surface area contributed by atoms with Gasteiger partial charge in [0.15, 0.2) is 18.1 Å². The Balaban J connectivity index is 1.35. The summed E-state index contributed by atoms with van der Waals surface area (Å²) in [6.07, 6.45) is 0. The van der Waals surface area contributed by atoms with Gasteiger partial charge in [-0.15, -0.1) is 11.3 Å². The van der Waals surface area contributed by atoms with E-state index in [9.17, 15) is 9.59 Å². The van der Waals surface area contributed by atoms with Gasteiger partial charge in [-0.3, -0.25) is 4.79 Å². The molecule has 8 heteroatoms. The Kier molecular flexibility index (Phi) is 4.94. The van der Waals surface area contributed by atoms with Gasteiger partial charge < -0.3 is 19.5 Å². The molecule has 2 heterocycles. The molecule has 28 heavy (non-hydrogen) atoms. The first kappa shape index (κ1) is 18.0. The van der Waals surface area contributed by atoms with Crippen molar-refractivity contribution in [3.8, 4) is 22.8 Å². The molecule has 7 nitrogen and oxygen atoms in total. The van der Waals surface area contributed by atoms with Crippen LogP contribution in [0, 0.1) is 6.92 Å². The van der Waals surface area contributed by atoms with Gasteiger partial charge in [-0.05, 0) is 37.3 Å². The van der Waals surface area contributed by atoms with E-state index in [-0.39, 0.29) is 12.4 Å². The maximum Gasteiger partial charge on any atom is 0.338 e. The van der Waals surface area contributed by atoms with Crippen LogP contribution in [0.15, 0.2) is 47.8 Å². The molecule has 0 radical (unpaired) electrons. The number of nitrogens with zero attached hydrogens (tertiary/aromatic N) is 1. The third-order valence-electron chi connectivity index (χ3n) is 4.00. The molecule has 1 amide bonds. The molecule has 3 aromatic rings. The van der Waals surface area contributed by atoms with E-state index in [2.05, 4.69) is 10.3 Å². The molecule has 0 unspecified atom stereocenters. The SMILES string of the molecule is Cc1nc(-c2cccc(NC(=O)COC(=O)c3ccc4c(c3)OCO4)c2)cs1. The Morgan fingerprint density at radius 2 is 2.04 bits per heavy atom. The van der Waals surface area contributed by atoms with Gasteiger partial charge >= 0.3 is 5.97 Å². The number of esters is 1. The summed E-state index contributed by atoms with van der Waals surface area (Å²) in [6.45, 7) is 1.66. The van der Waals surface area contributed by atoms with Gasteiger partial charge in [-0.1, -0.05) is 12.1 Å². The zero-order valence-corrected chi connectivity index (χ0v) is 15.7. The number of nitrogens with one attached hydrogen (secondary N) is 1. The number of benzene rings is 2. The molecule has 0 atom stereocenters. The molecule has 2 aromatic carbocycles. The normalized spacial score (nSPS) is 11.9. The highest BCUT2D eigenvalue weighted by atomic mass is 32.1. The maximum atomic E-state index is 12.1. The molecule has 142 valence electrons. The summed E-state index contributed by atoms with van der Waals surface area (Å²) in [6, 6.07) is 12.1. The quantitative estimate of drug-likeness (QED) is 0.663. The van der Waals surface area contributed by atoms with Crippen molar-refractivity contribution in [1.29, 1.82) is 0 Å². The number of aryl methyl sites for hydroxylation is 1. The number of thiazole rings is 1. The molecule has 1 aliphatic rings. The van der Waals surface area contributed by atoms with Gasteiger partial charge in [-0.25, -0.2) is 9.78 Å². The first-order valence-corrected chi connectivity index (χ1v) is 9.35. The van der Waals surface area contributed by atoms with E-state index in [0.29, 0.717) is 17.2 Å². The highest BCUT2D eigenvalue weighted by Gasteiger charge is 2.17. The molecule has 0 saturated carbocycles. The van der Waals surface area contributed by atoms with Crippen molar-refractivity contribution in [3.63, 3.8) is 0 Å². The van der Waals surface area contributed by atoms with Gasteiger partial charge in [0.2, 0.25) is 6.79 Å². The lowest BCUT2D eigenvalue weighted by molar-refractivity contribution is -0.119. The van der Waals surface area contributed by atoms with E-state index in [0.717, 1.165) is 16.3 Å². The summed E-state index contributed by atoms with van der Waals surface area (Å²) in [5, 5.41) is 5.66. The Labute approximate surface area is 164 Å². The van der Waals surface area contributed by atoms with E-state index in [1.807, 2.05) is 30.5 Å². The zero-order chi connectivity index (χ0) is 19.5. The average Bonchev–Trinajstić information content (AvgIpc) is 3.34. The van der Waals surface area contributed by atoms with E-state index in [4.69, 9.17) is 14.2 Å². The van der Waals surface area contributed by atoms with E-state index in [1.54, 1.807) is 29.5 Å². The van der Waals surface area contributed by atoms with Gasteiger partial charge in [0.05, 0.1) is 16.3 Å². The molecule has 4 rings (SSSR count). The average molecular weight is 396 g/mol. The number of fused-ring (bicyclic) bond motifs is 1. The molecular weight excluding hydrogens is 380 g/mol. The molecule has 0 fully saturated rings. The van der Waals surface area contributed by atoms with E-state index in [1.165, 1.54) is 6.07 Å². The Hall–Kier alpha value is -3.39. The molecular formula is C20H16N2O5S. The number of hydrogen-bond acceptors (Lipinski definition) is 7. The number of carbonyl (C=O) groups is 2. The number of rotatable bonds is 5. The number of amides is 1. The van der Waals surface area contributed by atoms with Crippen LogP contribution in [0.3, 0.4) is 0 Å². The highest BCUT2D eigenvalue weighted by Crippen LogP contribution is 2.32. The number of hydrogen-bond donors (Lipinski definition) is 1. The number of anilines is 1. The summed E-state index contributed by atoms with van der Waals surface area (Å²) in [7, 11) is 0. The summed E-state index contributed by atoms with van der Waals surface area (Å²) >= 11 is 1.56. The minimum atomic E-state index is -0.611. The molecule has 0 saturated heterocycles. The van der Waals surface area contributed by atoms with Crippen molar-refractivity contribution in [2.75, 3.05) is 18.7 Å². The van der Waals surface area contributed by atoms with Crippen molar-refractivity contribution in [2.24, 2.45) is 0 Å². The molecule has 1 aromatic heterocycles. The van der Waals surface area contributed by atoms with Crippen LogP contribution in [0.5, 0.6) is 11.5 Å². The predicted molar refractivity (Wildman–Crippen MR) is 104 cm³/mol. The fourth-order valence-corrected chi connectivity index (χ4v) is 3.31. The molecule has 0 aliphatic carbocycles. The Morgan fingerprint density at radius 1 is 1.18 bits per heavy atom. The van der Waals surface area contributed by atoms with Gasteiger partial charge in [0, 0.05) is 16.6 Å². The second kappa shape index (κ2) is 7.69. The molecule has 0 bridgehead atoms. The van der Waals surface area contributed by atoms with E-state index < -0.39 is 18.5 Å². The first-order chi connectivity index (χ1) is 13.6. The van der Waals surface area contributed by atoms with Crippen molar-refractivity contribution in [2.45, 2.75) is 6.92 Å². The predicted octanol–water partition coefficient (Wildman–Crippen LogP) is 3.64. The third kappa shape index (κ3) is 3.96. The Morgan fingerprint density at radius 3 is 2.86 bits per heavy atom. The van der Waals surface area contributed by atoms with Gasteiger partial charge in [-0.2, -0.15) is 0 Å². The lowest BCUT2D eigenvalue weighted by atomic mass is 10.1. The zero-order valence-electron chi connectivity index (χ0n) is 14.9.